The van der Waals surface area contributed by atoms with E-state index in [1.54, 1.807) is 0 Å². The largest absolute Gasteiger partial charge is 0.456 e. The molecule has 0 amide bonds. The Morgan fingerprint density at radius 3 is 1.52 bits per heavy atom. The number of furan rings is 1. The first-order chi connectivity index (χ1) is 31.3. The van der Waals surface area contributed by atoms with Crippen molar-refractivity contribution in [1.29, 1.82) is 0 Å². The average Bonchev–Trinajstić information content (AvgIpc) is 3.71. The Morgan fingerprint density at radius 2 is 0.922 bits per heavy atom. The van der Waals surface area contributed by atoms with E-state index in [-0.39, 0.29) is 39.2 Å². The molecule has 0 atom stereocenters. The maximum absolute atomic E-state index is 9.15. The Bertz CT molecular complexity index is 3310. The average molecular weight is 844 g/mol. The molecule has 0 N–H and O–H groups in total. The smallest absolute Gasteiger partial charge is 0.252 e. The number of hydrogen-bond acceptors (Lipinski definition) is 3. The van der Waals surface area contributed by atoms with Crippen molar-refractivity contribution in [3.63, 3.8) is 0 Å². The molecule has 12 rings (SSSR count). The summed E-state index contributed by atoms with van der Waals surface area (Å²) in [6.45, 7) is 26.4. The van der Waals surface area contributed by atoms with Crippen molar-refractivity contribution in [1.82, 2.24) is 0 Å². The summed E-state index contributed by atoms with van der Waals surface area (Å²) in [5.41, 5.74) is 20.2. The number of anilines is 6. The second kappa shape index (κ2) is 12.6. The van der Waals surface area contributed by atoms with E-state index in [9.17, 15) is 0 Å². The van der Waals surface area contributed by atoms with Gasteiger partial charge in [-0.05, 0) is 181 Å². The highest BCUT2D eigenvalue weighted by molar-refractivity contribution is 7.00. The molecule has 0 radical (unpaired) electrons. The van der Waals surface area contributed by atoms with E-state index < -0.39 is 6.85 Å². The van der Waals surface area contributed by atoms with Gasteiger partial charge in [0.05, 0.1) is 0 Å². The van der Waals surface area contributed by atoms with Gasteiger partial charge in [-0.3, -0.25) is 0 Å². The molecule has 7 aromatic rings. The summed E-state index contributed by atoms with van der Waals surface area (Å²) in [6.07, 6.45) is 5.51. The van der Waals surface area contributed by atoms with Crippen molar-refractivity contribution in [2.75, 3.05) is 9.80 Å². The van der Waals surface area contributed by atoms with Gasteiger partial charge >= 0.3 is 0 Å². The molecule has 324 valence electrons. The van der Waals surface area contributed by atoms with Gasteiger partial charge in [-0.2, -0.15) is 0 Å². The topological polar surface area (TPSA) is 19.6 Å². The van der Waals surface area contributed by atoms with E-state index in [2.05, 4.69) is 166 Å². The molecular weight excluding hydrogens is 775 g/mol. The number of nitrogens with zero attached hydrogens (tertiary/aromatic N) is 2. The van der Waals surface area contributed by atoms with E-state index in [4.69, 9.17) is 8.53 Å². The molecule has 6 aromatic carbocycles. The Kier molecular flexibility index (Phi) is 7.27. The Labute approximate surface area is 386 Å². The van der Waals surface area contributed by atoms with Crippen molar-refractivity contribution in [3.8, 4) is 0 Å². The molecule has 0 saturated heterocycles. The van der Waals surface area contributed by atoms with Crippen LogP contribution in [0.3, 0.4) is 0 Å². The highest BCUT2D eigenvalue weighted by Crippen LogP contribution is 2.55. The number of benzene rings is 6. The monoisotopic (exact) mass is 844 g/mol. The zero-order valence-corrected chi connectivity index (χ0v) is 40.2. The molecule has 4 heteroatoms. The summed E-state index contributed by atoms with van der Waals surface area (Å²) in [5, 5.41) is 2.16. The fraction of sp³-hybridized carbons (Fsp3) is 0.400. The molecular formula is C60H65BN2O. The number of rotatable bonds is 2. The molecule has 2 aliphatic heterocycles. The lowest BCUT2D eigenvalue weighted by Crippen LogP contribution is -2.62. The molecule has 0 saturated carbocycles. The lowest BCUT2D eigenvalue weighted by molar-refractivity contribution is 0.332. The fourth-order valence-corrected chi connectivity index (χ4v) is 13.6. The van der Waals surface area contributed by atoms with Crippen LogP contribution < -0.4 is 26.2 Å². The van der Waals surface area contributed by atoms with Crippen LogP contribution >= 0.6 is 0 Å². The second-order valence-electron chi connectivity index (χ2n) is 24.4. The maximum Gasteiger partial charge on any atom is 0.252 e. The van der Waals surface area contributed by atoms with Crippen molar-refractivity contribution in [2.45, 2.75) is 155 Å². The predicted molar refractivity (Wildman–Crippen MR) is 274 cm³/mol. The SMILES string of the molecule is [2H]C([2H])([2H])c1cc2c3c(c1)N(c1ccc4c(c1)oc1ccccc14)c1cc4c(cc1B3c1cc3c(cc1N2c1ccc2c(c1)C(C)(C)CCC2(C)C)C(C)(C)CCC3(C)C)C(C)(C)CC4(C)C. The molecule has 3 heterocycles. The first-order valence-corrected chi connectivity index (χ1v) is 24.0. The number of fused-ring (bicyclic) bond motifs is 10. The Morgan fingerprint density at radius 1 is 0.453 bits per heavy atom. The van der Waals surface area contributed by atoms with Gasteiger partial charge in [0.2, 0.25) is 0 Å². The van der Waals surface area contributed by atoms with Crippen LogP contribution in [0.25, 0.3) is 21.9 Å². The van der Waals surface area contributed by atoms with Gasteiger partial charge in [0.15, 0.2) is 0 Å². The van der Waals surface area contributed by atoms with Crippen LogP contribution in [0, 0.1) is 6.85 Å². The van der Waals surface area contributed by atoms with Crippen molar-refractivity contribution < 1.29 is 8.53 Å². The van der Waals surface area contributed by atoms with E-state index in [0.717, 1.165) is 93.6 Å². The van der Waals surface area contributed by atoms with Crippen LogP contribution in [-0.2, 0) is 32.5 Å². The third-order valence-corrected chi connectivity index (χ3v) is 17.2. The van der Waals surface area contributed by atoms with Crippen LogP contribution in [0.1, 0.15) is 158 Å². The molecule has 0 fully saturated rings. The molecule has 3 nitrogen and oxygen atoms in total. The van der Waals surface area contributed by atoms with Gasteiger partial charge in [0.1, 0.15) is 11.2 Å². The van der Waals surface area contributed by atoms with Gasteiger partial charge in [0, 0.05) is 55.1 Å². The number of para-hydroxylation sites is 1. The van der Waals surface area contributed by atoms with Crippen molar-refractivity contribution in [3.05, 3.63) is 136 Å². The van der Waals surface area contributed by atoms with E-state index >= 15 is 0 Å². The van der Waals surface area contributed by atoms with Crippen LogP contribution in [-0.4, -0.2) is 6.71 Å². The van der Waals surface area contributed by atoms with Gasteiger partial charge in [-0.1, -0.05) is 119 Å². The first kappa shape index (κ1) is 37.1. The third kappa shape index (κ3) is 5.47. The lowest BCUT2D eigenvalue weighted by atomic mass is 9.33. The maximum atomic E-state index is 9.15. The predicted octanol–water partition coefficient (Wildman–Crippen LogP) is 14.6. The summed E-state index contributed by atoms with van der Waals surface area (Å²) in [4.78, 5) is 4.86. The Balaban J connectivity index is 1.23. The lowest BCUT2D eigenvalue weighted by Gasteiger charge is -2.48. The first-order valence-electron chi connectivity index (χ1n) is 25.5. The van der Waals surface area contributed by atoms with E-state index in [0.29, 0.717) is 5.56 Å². The normalized spacial score (nSPS) is 21.8. The van der Waals surface area contributed by atoms with Crippen molar-refractivity contribution in [2.24, 2.45) is 0 Å². The third-order valence-electron chi connectivity index (χ3n) is 17.2. The second-order valence-corrected chi connectivity index (χ2v) is 24.4. The standard InChI is InChI=1S/C60H65BN2O/c1-35-26-50-54-51(27-35)63(37-18-20-39-38-16-14-15-17-52(38)64-53(39)29-37)49-33-45-43(59(10,11)34-60(45,12)13)31-47(49)61(54)46-30-42-44(58(8,9)25-24-57(42,6)7)32-48(46)62(50)36-19-21-40-41(28-36)56(4,5)23-22-55(40,2)3/h14-21,26-33H,22-25,34H2,1-13H3/i1D3. The molecule has 64 heavy (non-hydrogen) atoms. The summed E-state index contributed by atoms with van der Waals surface area (Å²) in [6, 6.07) is 36.2. The van der Waals surface area contributed by atoms with E-state index in [1.807, 2.05) is 24.3 Å². The summed E-state index contributed by atoms with van der Waals surface area (Å²) in [7, 11) is 0. The molecule has 0 bridgehead atoms. The van der Waals surface area contributed by atoms with Gasteiger partial charge in [-0.15, -0.1) is 0 Å². The number of hydrogen-bond donors (Lipinski definition) is 0. The zero-order chi connectivity index (χ0) is 47.3. The zero-order valence-electron chi connectivity index (χ0n) is 43.2. The minimum Gasteiger partial charge on any atom is -0.456 e. The van der Waals surface area contributed by atoms with Crippen LogP contribution in [0.2, 0.25) is 0 Å². The van der Waals surface area contributed by atoms with Crippen molar-refractivity contribution >= 4 is 79.2 Å². The molecule has 5 aliphatic rings. The summed E-state index contributed by atoms with van der Waals surface area (Å²) < 4.78 is 34.1. The number of aryl methyl sites for hydroxylation is 1. The van der Waals surface area contributed by atoms with Crippen LogP contribution in [0.5, 0.6) is 0 Å². The molecule has 3 aliphatic carbocycles. The van der Waals surface area contributed by atoms with Gasteiger partial charge in [0.25, 0.3) is 6.71 Å². The minimum atomic E-state index is -2.37. The van der Waals surface area contributed by atoms with Crippen LogP contribution in [0.4, 0.5) is 34.1 Å². The highest BCUT2D eigenvalue weighted by Gasteiger charge is 2.50. The summed E-state index contributed by atoms with van der Waals surface area (Å²) in [5.74, 6) is 0. The minimum absolute atomic E-state index is 0.0180. The van der Waals surface area contributed by atoms with Gasteiger partial charge in [-0.25, -0.2) is 0 Å². The molecule has 1 aromatic heterocycles. The highest BCUT2D eigenvalue weighted by atomic mass is 16.3. The van der Waals surface area contributed by atoms with Crippen LogP contribution in [0.15, 0.2) is 101 Å². The molecule has 0 spiro atoms. The molecule has 0 unspecified atom stereocenters. The van der Waals surface area contributed by atoms with Gasteiger partial charge < -0.3 is 14.2 Å². The fourth-order valence-electron chi connectivity index (χ4n) is 13.6. The Hall–Kier alpha value is -5.22. The summed E-state index contributed by atoms with van der Waals surface area (Å²) >= 11 is 0. The van der Waals surface area contributed by atoms with E-state index in [1.165, 1.54) is 44.3 Å². The quantitative estimate of drug-likeness (QED) is 0.162.